The van der Waals surface area contributed by atoms with E-state index in [4.69, 9.17) is 5.73 Å². The van der Waals surface area contributed by atoms with Crippen LogP contribution in [0.15, 0.2) is 48.7 Å². The molecule has 9 heteroatoms. The van der Waals surface area contributed by atoms with Gasteiger partial charge in [0.05, 0.1) is 6.04 Å². The van der Waals surface area contributed by atoms with Crippen LogP contribution in [0.5, 0.6) is 0 Å². The van der Waals surface area contributed by atoms with Gasteiger partial charge < -0.3 is 20.5 Å². The predicted molar refractivity (Wildman–Crippen MR) is 126 cm³/mol. The molecule has 34 heavy (non-hydrogen) atoms. The highest BCUT2D eigenvalue weighted by Gasteiger charge is 2.33. The minimum atomic E-state index is -2.94. The summed E-state index contributed by atoms with van der Waals surface area (Å²) in [5.41, 5.74) is 11.0. The second-order valence-electron chi connectivity index (χ2n) is 8.99. The summed E-state index contributed by atoms with van der Waals surface area (Å²) in [7, 11) is 0. The van der Waals surface area contributed by atoms with E-state index in [1.807, 2.05) is 36.5 Å². The summed E-state index contributed by atoms with van der Waals surface area (Å²) in [6.07, 6.45) is -2.40. The highest BCUT2D eigenvalue weighted by Crippen LogP contribution is 2.39. The number of hydrogen-bond acceptors (Lipinski definition) is 3. The lowest BCUT2D eigenvalue weighted by Crippen LogP contribution is -2.49. The van der Waals surface area contributed by atoms with Gasteiger partial charge in [0, 0.05) is 67.6 Å². The van der Waals surface area contributed by atoms with Crippen molar-refractivity contribution in [2.75, 3.05) is 44.2 Å². The van der Waals surface area contributed by atoms with Gasteiger partial charge in [-0.15, -0.1) is 0 Å². The summed E-state index contributed by atoms with van der Waals surface area (Å²) >= 11 is 0. The molecular weight excluding hydrogens is 443 g/mol. The molecule has 5 rings (SSSR count). The molecule has 2 aromatic carbocycles. The Kier molecular flexibility index (Phi) is 6.12. The molecule has 2 unspecified atom stereocenters. The lowest BCUT2D eigenvalue weighted by molar-refractivity contribution is 0.0267. The molecule has 3 aromatic rings. The fourth-order valence-corrected chi connectivity index (χ4v) is 5.22. The van der Waals surface area contributed by atoms with E-state index >= 15 is 0 Å². The number of amides is 2. The Morgan fingerprint density at radius 2 is 1.79 bits per heavy atom. The molecule has 2 atom stereocenters. The average Bonchev–Trinajstić information content (AvgIpc) is 3.27. The fraction of sp³-hybridized carbons (Fsp3) is 0.400. The number of rotatable bonds is 5. The monoisotopic (exact) mass is 471 g/mol. The SMILES string of the molecule is NC(=O)N1CCc2cc(N3CCN(CC(F)C(F)F)CC3)ccc2C1c1c[nH]c2ccccc12. The Balaban J connectivity index is 1.39. The molecule has 0 radical (unpaired) electrons. The van der Waals surface area contributed by atoms with Gasteiger partial charge in [0.15, 0.2) is 6.17 Å². The summed E-state index contributed by atoms with van der Waals surface area (Å²) in [4.78, 5) is 21.3. The summed E-state index contributed by atoms with van der Waals surface area (Å²) in [5.74, 6) is 0. The molecule has 0 saturated carbocycles. The molecule has 0 spiro atoms. The number of para-hydroxylation sites is 1. The number of aromatic amines is 1. The molecule has 6 nitrogen and oxygen atoms in total. The Bertz CT molecular complexity index is 1170. The van der Waals surface area contributed by atoms with Crippen LogP contribution in [-0.4, -0.2) is 72.7 Å². The third kappa shape index (κ3) is 4.20. The summed E-state index contributed by atoms with van der Waals surface area (Å²) in [6.45, 7) is 2.66. The number of primary amides is 1. The van der Waals surface area contributed by atoms with Crippen molar-refractivity contribution in [3.63, 3.8) is 0 Å². The number of halogens is 3. The van der Waals surface area contributed by atoms with E-state index in [2.05, 4.69) is 22.0 Å². The first-order chi connectivity index (χ1) is 16.4. The van der Waals surface area contributed by atoms with Crippen LogP contribution in [0.25, 0.3) is 10.9 Å². The van der Waals surface area contributed by atoms with Gasteiger partial charge in [-0.1, -0.05) is 24.3 Å². The van der Waals surface area contributed by atoms with E-state index in [9.17, 15) is 18.0 Å². The van der Waals surface area contributed by atoms with E-state index in [0.29, 0.717) is 39.1 Å². The number of benzene rings is 2. The second-order valence-corrected chi connectivity index (χ2v) is 8.99. The minimum absolute atomic E-state index is 0.231. The van der Waals surface area contributed by atoms with Crippen molar-refractivity contribution in [3.05, 3.63) is 65.4 Å². The van der Waals surface area contributed by atoms with Gasteiger partial charge in [-0.25, -0.2) is 18.0 Å². The maximum Gasteiger partial charge on any atom is 0.315 e. The lowest BCUT2D eigenvalue weighted by Gasteiger charge is -2.39. The number of H-pyrrole nitrogens is 1. The number of nitrogens with zero attached hydrogens (tertiary/aromatic N) is 3. The van der Waals surface area contributed by atoms with Crippen molar-refractivity contribution in [1.29, 1.82) is 0 Å². The number of aromatic nitrogens is 1. The number of carbonyl (C=O) groups excluding carboxylic acids is 1. The van der Waals surface area contributed by atoms with Crippen molar-refractivity contribution >= 4 is 22.6 Å². The zero-order valence-electron chi connectivity index (χ0n) is 18.8. The van der Waals surface area contributed by atoms with Crippen LogP contribution in [0.1, 0.15) is 22.7 Å². The molecule has 3 N–H and O–H groups in total. The van der Waals surface area contributed by atoms with Gasteiger partial charge in [-0.05, 0) is 35.7 Å². The zero-order chi connectivity index (χ0) is 23.8. The molecule has 180 valence electrons. The van der Waals surface area contributed by atoms with Crippen LogP contribution in [0.2, 0.25) is 0 Å². The zero-order valence-corrected chi connectivity index (χ0v) is 18.8. The van der Waals surface area contributed by atoms with Gasteiger partial charge in [-0.2, -0.15) is 0 Å². The second kappa shape index (κ2) is 9.21. The first kappa shape index (κ1) is 22.6. The molecule has 2 aliphatic heterocycles. The Hall–Kier alpha value is -3.20. The Morgan fingerprint density at radius 1 is 1.03 bits per heavy atom. The molecule has 0 aliphatic carbocycles. The molecule has 2 aliphatic rings. The predicted octanol–water partition coefficient (Wildman–Crippen LogP) is 3.92. The largest absolute Gasteiger partial charge is 0.369 e. The number of alkyl halides is 3. The number of urea groups is 1. The number of hydrogen-bond donors (Lipinski definition) is 2. The number of fused-ring (bicyclic) bond motifs is 2. The van der Waals surface area contributed by atoms with Crippen molar-refractivity contribution < 1.29 is 18.0 Å². The summed E-state index contributed by atoms with van der Waals surface area (Å²) in [6, 6.07) is 13.5. The van der Waals surface area contributed by atoms with E-state index in [0.717, 1.165) is 33.3 Å². The van der Waals surface area contributed by atoms with Crippen molar-refractivity contribution in [1.82, 2.24) is 14.8 Å². The average molecular weight is 472 g/mol. The first-order valence-corrected chi connectivity index (χ1v) is 11.6. The van der Waals surface area contributed by atoms with Crippen LogP contribution in [0, 0.1) is 0 Å². The molecular formula is C25H28F3N5O. The van der Waals surface area contributed by atoms with E-state index in [1.54, 1.807) is 9.80 Å². The van der Waals surface area contributed by atoms with Crippen molar-refractivity contribution in [3.8, 4) is 0 Å². The summed E-state index contributed by atoms with van der Waals surface area (Å²) in [5, 5.41) is 1.06. The number of anilines is 1. The molecule has 2 amide bonds. The van der Waals surface area contributed by atoms with Gasteiger partial charge in [-0.3, -0.25) is 4.90 Å². The molecule has 1 fully saturated rings. The molecule has 1 saturated heterocycles. The number of carbonyl (C=O) groups is 1. The molecule has 0 bridgehead atoms. The highest BCUT2D eigenvalue weighted by atomic mass is 19.3. The third-order valence-electron chi connectivity index (χ3n) is 7.00. The maximum atomic E-state index is 13.4. The van der Waals surface area contributed by atoms with Gasteiger partial charge in [0.25, 0.3) is 6.43 Å². The summed E-state index contributed by atoms with van der Waals surface area (Å²) < 4.78 is 38.5. The van der Waals surface area contributed by atoms with Crippen molar-refractivity contribution in [2.45, 2.75) is 25.1 Å². The minimum Gasteiger partial charge on any atom is -0.369 e. The molecule has 3 heterocycles. The topological polar surface area (TPSA) is 68.6 Å². The highest BCUT2D eigenvalue weighted by molar-refractivity contribution is 5.85. The Morgan fingerprint density at radius 3 is 2.53 bits per heavy atom. The van der Waals surface area contributed by atoms with Crippen LogP contribution < -0.4 is 10.6 Å². The van der Waals surface area contributed by atoms with Crippen LogP contribution in [-0.2, 0) is 6.42 Å². The maximum absolute atomic E-state index is 13.4. The van der Waals surface area contributed by atoms with Crippen LogP contribution >= 0.6 is 0 Å². The van der Waals surface area contributed by atoms with Crippen LogP contribution in [0.3, 0.4) is 0 Å². The van der Waals surface area contributed by atoms with E-state index < -0.39 is 18.6 Å². The lowest BCUT2D eigenvalue weighted by atomic mass is 9.87. The smallest absolute Gasteiger partial charge is 0.315 e. The number of piperazine rings is 1. The third-order valence-corrected chi connectivity index (χ3v) is 7.00. The standard InChI is InChI=1S/C25H28F3N5O/c26-21(24(27)28)15-31-9-11-32(12-10-31)17-5-6-18-16(13-17)7-8-33(25(29)34)23(18)20-14-30-22-4-2-1-3-19(20)22/h1-6,13-14,21,23-24,30H,7-12,15H2,(H2,29,34). The van der Waals surface area contributed by atoms with E-state index in [1.165, 1.54) is 0 Å². The first-order valence-electron chi connectivity index (χ1n) is 11.6. The number of nitrogens with one attached hydrogen (secondary N) is 1. The van der Waals surface area contributed by atoms with Crippen LogP contribution in [0.4, 0.5) is 23.7 Å². The van der Waals surface area contributed by atoms with Crippen molar-refractivity contribution in [2.24, 2.45) is 5.73 Å². The number of nitrogens with two attached hydrogens (primary N) is 1. The van der Waals surface area contributed by atoms with Gasteiger partial charge in [0.2, 0.25) is 0 Å². The van der Waals surface area contributed by atoms with E-state index in [-0.39, 0.29) is 12.6 Å². The Labute approximate surface area is 196 Å². The van der Waals surface area contributed by atoms with Gasteiger partial charge >= 0.3 is 6.03 Å². The molecule has 1 aromatic heterocycles. The fourth-order valence-electron chi connectivity index (χ4n) is 5.22. The quantitative estimate of drug-likeness (QED) is 0.593. The normalized spacial score (nSPS) is 20.1. The van der Waals surface area contributed by atoms with Gasteiger partial charge in [0.1, 0.15) is 0 Å².